The summed E-state index contributed by atoms with van der Waals surface area (Å²) in [4.78, 5) is 19.4. The van der Waals surface area contributed by atoms with Crippen molar-refractivity contribution in [3.05, 3.63) is 68.4 Å². The summed E-state index contributed by atoms with van der Waals surface area (Å²) in [5.41, 5.74) is 8.10. The van der Waals surface area contributed by atoms with Gasteiger partial charge in [0, 0.05) is 6.54 Å². The van der Waals surface area contributed by atoms with Crippen LogP contribution in [0.2, 0.25) is 10.0 Å². The Labute approximate surface area is 173 Å². The molecule has 28 heavy (non-hydrogen) atoms. The molecule has 2 N–H and O–H groups in total. The monoisotopic (exact) mass is 419 g/mol. The minimum absolute atomic E-state index is 0.101. The second-order valence-corrected chi connectivity index (χ2v) is 8.50. The number of piperidine rings is 1. The molecule has 7 heteroatoms. The standard InChI is InChI=1S/C21H20Cl2FN3O/c1-11-4-3-5-14(24)16(11)19(25)26-21(2)8-9-27-15(10-21)12-6-7-13(22)18(23)17(12)20(27)28/h3-7,15H,8-10H2,1-2H3,(H2,25,26). The molecule has 2 atom stereocenters. The Balaban J connectivity index is 1.70. The molecule has 2 aromatic rings. The highest BCUT2D eigenvalue weighted by Crippen LogP contribution is 2.47. The zero-order valence-electron chi connectivity index (χ0n) is 15.6. The van der Waals surface area contributed by atoms with Gasteiger partial charge in [0.05, 0.1) is 32.8 Å². The summed E-state index contributed by atoms with van der Waals surface area (Å²) in [5.74, 6) is -0.299. The summed E-state index contributed by atoms with van der Waals surface area (Å²) in [6.45, 7) is 4.33. The summed E-state index contributed by atoms with van der Waals surface area (Å²) in [6, 6.07) is 8.26. The lowest BCUT2D eigenvalue weighted by Crippen LogP contribution is -2.43. The molecule has 2 unspecified atom stereocenters. The van der Waals surface area contributed by atoms with Crippen LogP contribution >= 0.6 is 23.2 Å². The lowest BCUT2D eigenvalue weighted by atomic mass is 9.83. The minimum Gasteiger partial charge on any atom is -0.383 e. The molecule has 4 rings (SSSR count). The Morgan fingerprint density at radius 2 is 2.07 bits per heavy atom. The number of nitrogens with two attached hydrogens (primary N) is 1. The van der Waals surface area contributed by atoms with Crippen LogP contribution < -0.4 is 5.73 Å². The highest BCUT2D eigenvalue weighted by atomic mass is 35.5. The van der Waals surface area contributed by atoms with Crippen LogP contribution in [0.25, 0.3) is 0 Å². The zero-order valence-corrected chi connectivity index (χ0v) is 17.1. The molecule has 2 aliphatic rings. The third-order valence-corrected chi connectivity index (χ3v) is 6.53. The Morgan fingerprint density at radius 1 is 1.32 bits per heavy atom. The summed E-state index contributed by atoms with van der Waals surface area (Å²) in [7, 11) is 0. The van der Waals surface area contributed by atoms with E-state index >= 15 is 0 Å². The predicted octanol–water partition coefficient (Wildman–Crippen LogP) is 4.90. The fourth-order valence-electron chi connectivity index (χ4n) is 4.28. The zero-order chi connectivity index (χ0) is 20.2. The van der Waals surface area contributed by atoms with Crippen molar-refractivity contribution in [2.75, 3.05) is 6.54 Å². The molecule has 0 spiro atoms. The Morgan fingerprint density at radius 3 is 2.79 bits per heavy atom. The van der Waals surface area contributed by atoms with Gasteiger partial charge < -0.3 is 10.6 Å². The quantitative estimate of drug-likeness (QED) is 0.555. The van der Waals surface area contributed by atoms with Crippen molar-refractivity contribution in [3.63, 3.8) is 0 Å². The van der Waals surface area contributed by atoms with E-state index in [4.69, 9.17) is 33.9 Å². The number of rotatable bonds is 2. The first-order valence-electron chi connectivity index (χ1n) is 9.11. The van der Waals surface area contributed by atoms with E-state index in [0.717, 1.165) is 11.1 Å². The Bertz CT molecular complexity index is 1000. The van der Waals surface area contributed by atoms with E-state index in [1.165, 1.54) is 6.07 Å². The normalized spacial score (nSPS) is 24.3. The predicted molar refractivity (Wildman–Crippen MR) is 110 cm³/mol. The van der Waals surface area contributed by atoms with Crippen molar-refractivity contribution < 1.29 is 9.18 Å². The highest BCUT2D eigenvalue weighted by molar-refractivity contribution is 6.44. The lowest BCUT2D eigenvalue weighted by molar-refractivity contribution is 0.0600. The van der Waals surface area contributed by atoms with E-state index in [1.807, 2.05) is 30.9 Å². The number of amidine groups is 1. The second kappa shape index (κ2) is 6.75. The average molecular weight is 420 g/mol. The summed E-state index contributed by atoms with van der Waals surface area (Å²) >= 11 is 12.4. The van der Waals surface area contributed by atoms with Crippen LogP contribution in [0.1, 0.15) is 52.9 Å². The molecule has 4 nitrogen and oxygen atoms in total. The maximum absolute atomic E-state index is 14.3. The van der Waals surface area contributed by atoms with Crippen LogP contribution in [-0.2, 0) is 0 Å². The number of aliphatic imine (C=N–C) groups is 1. The van der Waals surface area contributed by atoms with Gasteiger partial charge in [0.15, 0.2) is 0 Å². The first kappa shape index (κ1) is 19.2. The van der Waals surface area contributed by atoms with E-state index in [2.05, 4.69) is 0 Å². The summed E-state index contributed by atoms with van der Waals surface area (Å²) < 4.78 is 14.3. The van der Waals surface area contributed by atoms with E-state index in [9.17, 15) is 9.18 Å². The van der Waals surface area contributed by atoms with Gasteiger partial charge in [0.2, 0.25) is 0 Å². The largest absolute Gasteiger partial charge is 0.383 e. The number of hydrogen-bond acceptors (Lipinski definition) is 2. The summed E-state index contributed by atoms with van der Waals surface area (Å²) in [5, 5.41) is 0.666. The van der Waals surface area contributed by atoms with Gasteiger partial charge in [-0.25, -0.2) is 4.39 Å². The van der Waals surface area contributed by atoms with Gasteiger partial charge >= 0.3 is 0 Å². The van der Waals surface area contributed by atoms with E-state index in [-0.39, 0.29) is 23.6 Å². The molecule has 2 aromatic carbocycles. The van der Waals surface area contributed by atoms with Crippen LogP contribution in [0, 0.1) is 12.7 Å². The van der Waals surface area contributed by atoms with Crippen molar-refractivity contribution in [2.45, 2.75) is 38.3 Å². The highest BCUT2D eigenvalue weighted by Gasteiger charge is 2.46. The van der Waals surface area contributed by atoms with Gasteiger partial charge in [-0.3, -0.25) is 9.79 Å². The molecule has 0 radical (unpaired) electrons. The van der Waals surface area contributed by atoms with Crippen LogP contribution in [0.5, 0.6) is 0 Å². The van der Waals surface area contributed by atoms with Gasteiger partial charge in [-0.05, 0) is 49.9 Å². The number of hydrogen-bond donors (Lipinski definition) is 1. The van der Waals surface area contributed by atoms with Crippen molar-refractivity contribution in [1.82, 2.24) is 4.90 Å². The van der Waals surface area contributed by atoms with Crippen molar-refractivity contribution in [1.29, 1.82) is 0 Å². The molecule has 2 aliphatic heterocycles. The smallest absolute Gasteiger partial charge is 0.256 e. The molecular weight excluding hydrogens is 400 g/mol. The van der Waals surface area contributed by atoms with Crippen LogP contribution in [0.4, 0.5) is 4.39 Å². The fourth-order valence-corrected chi connectivity index (χ4v) is 4.69. The van der Waals surface area contributed by atoms with Crippen LogP contribution in [0.3, 0.4) is 0 Å². The number of amides is 1. The van der Waals surface area contributed by atoms with Gasteiger partial charge in [-0.2, -0.15) is 0 Å². The molecule has 1 fully saturated rings. The van der Waals surface area contributed by atoms with E-state index < -0.39 is 5.54 Å². The average Bonchev–Trinajstić information content (AvgIpc) is 2.89. The molecule has 1 amide bonds. The molecule has 1 saturated heterocycles. The van der Waals surface area contributed by atoms with Gasteiger partial charge in [-0.15, -0.1) is 0 Å². The molecule has 0 aliphatic carbocycles. The van der Waals surface area contributed by atoms with Gasteiger partial charge in [0.25, 0.3) is 5.91 Å². The van der Waals surface area contributed by atoms with Crippen molar-refractivity contribution in [3.8, 4) is 0 Å². The molecule has 0 saturated carbocycles. The number of fused-ring (bicyclic) bond motifs is 3. The van der Waals surface area contributed by atoms with Crippen LogP contribution in [0.15, 0.2) is 35.3 Å². The Hall–Kier alpha value is -2.11. The maximum Gasteiger partial charge on any atom is 0.256 e. The number of carbonyl (C=O) groups excluding carboxylic acids is 1. The number of halogens is 3. The first-order valence-corrected chi connectivity index (χ1v) is 9.87. The van der Waals surface area contributed by atoms with Crippen LogP contribution in [-0.4, -0.2) is 28.7 Å². The summed E-state index contributed by atoms with van der Waals surface area (Å²) in [6.07, 6.45) is 1.21. The maximum atomic E-state index is 14.3. The molecule has 0 aromatic heterocycles. The molecule has 0 bridgehead atoms. The van der Waals surface area contributed by atoms with Crippen molar-refractivity contribution in [2.24, 2.45) is 10.7 Å². The second-order valence-electron chi connectivity index (χ2n) is 7.72. The minimum atomic E-state index is -0.520. The molecule has 146 valence electrons. The fraction of sp³-hybridized carbons (Fsp3) is 0.333. The topological polar surface area (TPSA) is 58.7 Å². The number of nitrogens with zero attached hydrogens (tertiary/aromatic N) is 2. The third kappa shape index (κ3) is 2.97. The SMILES string of the molecule is Cc1cccc(F)c1C(N)=NC1(C)CCN2C(=O)c3c(ccc(Cl)c3Cl)C2C1. The van der Waals surface area contributed by atoms with Gasteiger partial charge in [0.1, 0.15) is 11.7 Å². The molecular formula is C21H20Cl2FN3O. The lowest BCUT2D eigenvalue weighted by Gasteiger charge is -2.40. The van der Waals surface area contributed by atoms with Crippen molar-refractivity contribution >= 4 is 34.9 Å². The number of benzene rings is 2. The first-order chi connectivity index (χ1) is 13.2. The number of aryl methyl sites for hydroxylation is 1. The van der Waals surface area contributed by atoms with E-state index in [0.29, 0.717) is 40.6 Å². The Kier molecular flexibility index (Phi) is 4.63. The van der Waals surface area contributed by atoms with E-state index in [1.54, 1.807) is 12.1 Å². The number of carbonyl (C=O) groups is 1. The third-order valence-electron chi connectivity index (χ3n) is 5.73. The molecule has 2 heterocycles. The van der Waals surface area contributed by atoms with Gasteiger partial charge in [-0.1, -0.05) is 41.4 Å².